The highest BCUT2D eigenvalue weighted by atomic mass is 16.7. The van der Waals surface area contributed by atoms with Gasteiger partial charge in [-0.1, -0.05) is 329 Å². The number of nitrogens with zero attached hydrogens (tertiary/aromatic N) is 1. The maximum Gasteiger partial charge on any atom is 0.361 e. The Morgan fingerprint density at radius 2 is 0.626 bits per heavy atom. The molecule has 0 heterocycles. The molecule has 0 aliphatic heterocycles. The molecule has 0 radical (unpaired) electrons. The summed E-state index contributed by atoms with van der Waals surface area (Å²) >= 11 is 0. The van der Waals surface area contributed by atoms with Crippen LogP contribution in [0.5, 0.6) is 0 Å². The van der Waals surface area contributed by atoms with Gasteiger partial charge in [0.1, 0.15) is 13.2 Å². The van der Waals surface area contributed by atoms with Crippen LogP contribution in [-0.4, -0.2) is 87.4 Å². The monoisotopic (exact) mass is 1270 g/mol. The summed E-state index contributed by atoms with van der Waals surface area (Å²) in [5, 5.41) is 9.75. The molecule has 0 bridgehead atoms. The van der Waals surface area contributed by atoms with Gasteiger partial charge in [-0.2, -0.15) is 0 Å². The second-order valence-electron chi connectivity index (χ2n) is 26.6. The van der Waals surface area contributed by atoms with Crippen LogP contribution in [0.4, 0.5) is 0 Å². The molecule has 2 unspecified atom stereocenters. The van der Waals surface area contributed by atoms with Crippen LogP contribution in [0.3, 0.4) is 0 Å². The van der Waals surface area contributed by atoms with Crippen molar-refractivity contribution in [3.8, 4) is 0 Å². The van der Waals surface area contributed by atoms with E-state index < -0.39 is 24.3 Å². The fraction of sp³-hybridized carbons (Fsp3) is 0.744. The SMILES string of the molecule is CC/C=C\C/C=C\C/C=C\C/C=C\C/C=C\C/C=C\C/C=C\CCCCCC(=O)OC(COC(=O)CCCCCCCCCCCCCCCCCCCCCCCCCCCCCCC/C=C\C/C=C\CCCCCCC)COC(OCC[N+](C)(C)C)C(=O)O. The van der Waals surface area contributed by atoms with Crippen molar-refractivity contribution in [2.75, 3.05) is 47.5 Å². The van der Waals surface area contributed by atoms with Gasteiger partial charge in [-0.15, -0.1) is 0 Å². The van der Waals surface area contributed by atoms with Crippen LogP contribution in [0.15, 0.2) is 109 Å². The van der Waals surface area contributed by atoms with Crippen molar-refractivity contribution in [2.45, 2.75) is 347 Å². The Kier molecular flexibility index (Phi) is 68.6. The molecule has 0 fully saturated rings. The number of quaternary nitrogens is 1. The van der Waals surface area contributed by atoms with Gasteiger partial charge >= 0.3 is 17.9 Å². The van der Waals surface area contributed by atoms with Crippen molar-refractivity contribution in [2.24, 2.45) is 0 Å². The van der Waals surface area contributed by atoms with Gasteiger partial charge in [0.2, 0.25) is 0 Å². The van der Waals surface area contributed by atoms with Crippen molar-refractivity contribution in [1.82, 2.24) is 0 Å². The lowest BCUT2D eigenvalue weighted by Crippen LogP contribution is -2.40. The highest BCUT2D eigenvalue weighted by molar-refractivity contribution is 5.71. The lowest BCUT2D eigenvalue weighted by molar-refractivity contribution is -0.870. The highest BCUT2D eigenvalue weighted by Crippen LogP contribution is 2.18. The Bertz CT molecular complexity index is 1870. The zero-order valence-corrected chi connectivity index (χ0v) is 60.0. The summed E-state index contributed by atoms with van der Waals surface area (Å²) in [4.78, 5) is 37.6. The fourth-order valence-corrected chi connectivity index (χ4v) is 10.7. The number of carboxylic acids is 1. The number of allylic oxidation sites excluding steroid dienone is 18. The van der Waals surface area contributed by atoms with E-state index >= 15 is 0 Å². The number of aliphatic carboxylic acids is 1. The normalized spacial score (nSPS) is 13.3. The van der Waals surface area contributed by atoms with E-state index in [4.69, 9.17) is 18.9 Å². The highest BCUT2D eigenvalue weighted by Gasteiger charge is 2.25. The maximum atomic E-state index is 12.9. The van der Waals surface area contributed by atoms with Crippen LogP contribution < -0.4 is 0 Å². The number of ether oxygens (including phenoxy) is 4. The van der Waals surface area contributed by atoms with Crippen LogP contribution in [0.2, 0.25) is 0 Å². The van der Waals surface area contributed by atoms with Crippen LogP contribution >= 0.6 is 0 Å². The van der Waals surface area contributed by atoms with Crippen molar-refractivity contribution < 1.29 is 42.9 Å². The third kappa shape index (κ3) is 73.2. The Labute approximate surface area is 562 Å². The van der Waals surface area contributed by atoms with E-state index in [-0.39, 0.29) is 32.2 Å². The average Bonchev–Trinajstić information content (AvgIpc) is 3.46. The molecule has 1 N–H and O–H groups in total. The predicted octanol–water partition coefficient (Wildman–Crippen LogP) is 24.1. The minimum absolute atomic E-state index is 0.177. The molecular formula is C82H144NO8+. The number of carbonyl (C=O) groups excluding carboxylic acids is 2. The Morgan fingerprint density at radius 3 is 0.945 bits per heavy atom. The Balaban J connectivity index is 4.02. The summed E-state index contributed by atoms with van der Waals surface area (Å²) in [5.74, 6) is -2.04. The summed E-state index contributed by atoms with van der Waals surface area (Å²) in [6, 6.07) is 0. The first kappa shape index (κ1) is 87.0. The van der Waals surface area contributed by atoms with E-state index in [1.54, 1.807) is 0 Å². The molecular weight excluding hydrogens is 1130 g/mol. The van der Waals surface area contributed by atoms with Crippen LogP contribution in [-0.2, 0) is 33.3 Å². The van der Waals surface area contributed by atoms with Crippen LogP contribution in [0.1, 0.15) is 335 Å². The molecule has 0 amide bonds. The number of esters is 2. The van der Waals surface area contributed by atoms with Gasteiger partial charge in [0.15, 0.2) is 6.10 Å². The number of rotatable bonds is 70. The third-order valence-corrected chi connectivity index (χ3v) is 16.5. The van der Waals surface area contributed by atoms with E-state index in [1.165, 1.54) is 212 Å². The molecule has 0 saturated carbocycles. The van der Waals surface area contributed by atoms with E-state index in [9.17, 15) is 19.5 Å². The van der Waals surface area contributed by atoms with Crippen molar-refractivity contribution >= 4 is 17.9 Å². The fourth-order valence-electron chi connectivity index (χ4n) is 10.7. The zero-order valence-electron chi connectivity index (χ0n) is 60.0. The molecule has 2 atom stereocenters. The number of carbonyl (C=O) groups is 3. The van der Waals surface area contributed by atoms with E-state index in [0.29, 0.717) is 23.9 Å². The minimum Gasteiger partial charge on any atom is -0.477 e. The van der Waals surface area contributed by atoms with Gasteiger partial charge in [0, 0.05) is 12.8 Å². The van der Waals surface area contributed by atoms with Crippen LogP contribution in [0.25, 0.3) is 0 Å². The smallest absolute Gasteiger partial charge is 0.361 e. The number of carboxylic acid groups (broad SMARTS) is 1. The van der Waals surface area contributed by atoms with E-state index in [0.717, 1.165) is 89.9 Å². The second-order valence-corrected chi connectivity index (χ2v) is 26.6. The minimum atomic E-state index is -1.53. The van der Waals surface area contributed by atoms with Gasteiger partial charge in [-0.05, 0) is 103 Å². The summed E-state index contributed by atoms with van der Waals surface area (Å²) in [6.07, 6.45) is 98.2. The second kappa shape index (κ2) is 71.8. The largest absolute Gasteiger partial charge is 0.477 e. The lowest BCUT2D eigenvalue weighted by Gasteiger charge is -2.25. The number of likely N-dealkylation sites (N-methyl/N-ethyl adjacent to an activating group) is 1. The molecule has 0 aliphatic rings. The predicted molar refractivity (Wildman–Crippen MR) is 392 cm³/mol. The number of hydrogen-bond donors (Lipinski definition) is 1. The molecule has 524 valence electrons. The Morgan fingerprint density at radius 1 is 0.341 bits per heavy atom. The first-order chi connectivity index (χ1) is 44.6. The zero-order chi connectivity index (χ0) is 66.1. The van der Waals surface area contributed by atoms with Crippen molar-refractivity contribution in [3.63, 3.8) is 0 Å². The molecule has 0 spiro atoms. The topological polar surface area (TPSA) is 108 Å². The average molecular weight is 1270 g/mol. The van der Waals surface area contributed by atoms with Crippen LogP contribution in [0, 0.1) is 0 Å². The molecule has 9 heteroatoms. The quantitative estimate of drug-likeness (QED) is 0.0211. The summed E-state index contributed by atoms with van der Waals surface area (Å²) in [5.41, 5.74) is 0. The van der Waals surface area contributed by atoms with Crippen molar-refractivity contribution in [3.05, 3.63) is 109 Å². The molecule has 91 heavy (non-hydrogen) atoms. The Hall–Kier alpha value is -4.05. The van der Waals surface area contributed by atoms with Gasteiger partial charge in [-0.3, -0.25) is 9.59 Å². The molecule has 0 aromatic carbocycles. The first-order valence-corrected chi connectivity index (χ1v) is 38.1. The summed E-state index contributed by atoms with van der Waals surface area (Å²) in [7, 11) is 5.97. The van der Waals surface area contributed by atoms with Gasteiger partial charge in [0.05, 0.1) is 34.4 Å². The van der Waals surface area contributed by atoms with E-state index in [1.807, 2.05) is 21.1 Å². The lowest BCUT2D eigenvalue weighted by atomic mass is 10.0. The number of hydrogen-bond acceptors (Lipinski definition) is 7. The van der Waals surface area contributed by atoms with Crippen molar-refractivity contribution in [1.29, 1.82) is 0 Å². The van der Waals surface area contributed by atoms with Gasteiger partial charge in [-0.25, -0.2) is 4.79 Å². The van der Waals surface area contributed by atoms with Gasteiger partial charge < -0.3 is 28.5 Å². The molecule has 0 aliphatic carbocycles. The first-order valence-electron chi connectivity index (χ1n) is 38.1. The molecule has 0 saturated heterocycles. The number of unbranched alkanes of at least 4 members (excludes halogenated alkanes) is 37. The maximum absolute atomic E-state index is 12.9. The summed E-state index contributed by atoms with van der Waals surface area (Å²) < 4.78 is 23.0. The third-order valence-electron chi connectivity index (χ3n) is 16.5. The standard InChI is InChI=1S/C82H143NO8/c1-6-8-10-12-14-16-18-20-22-24-26-28-30-32-33-34-35-36-37-38-39-40-41-42-43-44-45-46-47-49-50-52-54-56-58-60-62-64-66-68-70-72-79(84)89-76-78(77-90-82(81(86)87)88-75-74-83(3,4)5)91-80(85)73-71-69-67-65-63-61-59-57-55-53-51-48-31-29-27-25-23-21-19-17-15-13-11-9-7-2/h9,11,15,17-18,20-21,23-24,26-27,29,48,51,55,57,61,63,78,82H,6-8,10,12-14,16,19,22,25,28,30-47,49-50,52-54,56,58-60,62,64-77H2,1-5H3/p+1/b11-9-,17-15-,20-18-,23-21-,26-24-,29-27-,51-48-,57-55-,63-61-. The van der Waals surface area contributed by atoms with E-state index in [2.05, 4.69) is 123 Å². The molecule has 0 aromatic rings. The molecule has 9 nitrogen and oxygen atoms in total. The molecule has 0 aromatic heterocycles. The molecule has 0 rings (SSSR count). The summed E-state index contributed by atoms with van der Waals surface area (Å²) in [6.45, 7) is 4.74. The van der Waals surface area contributed by atoms with Gasteiger partial charge in [0.25, 0.3) is 6.29 Å².